The van der Waals surface area contributed by atoms with Gasteiger partial charge in [0.1, 0.15) is 11.8 Å². The fourth-order valence-corrected chi connectivity index (χ4v) is 3.72. The number of imidazole rings is 1. The first-order valence-corrected chi connectivity index (χ1v) is 9.62. The number of fused-ring (bicyclic) bond motifs is 1. The van der Waals surface area contributed by atoms with Gasteiger partial charge in [0, 0.05) is 12.3 Å². The van der Waals surface area contributed by atoms with Crippen molar-refractivity contribution in [2.45, 2.75) is 31.5 Å². The molecule has 1 saturated heterocycles. The molecule has 1 aliphatic heterocycles. The lowest BCUT2D eigenvalue weighted by Gasteiger charge is -2.21. The van der Waals surface area contributed by atoms with Crippen molar-refractivity contribution < 1.29 is 9.84 Å². The lowest BCUT2D eigenvalue weighted by Crippen LogP contribution is -2.23. The Balaban J connectivity index is 1.51. The van der Waals surface area contributed by atoms with Crippen LogP contribution in [0.15, 0.2) is 48.8 Å². The first kappa shape index (κ1) is 17.6. The van der Waals surface area contributed by atoms with E-state index in [9.17, 15) is 5.11 Å². The molecule has 2 aromatic carbocycles. The number of H-pyrrole nitrogens is 1. The summed E-state index contributed by atoms with van der Waals surface area (Å²) >= 11 is 0. The van der Waals surface area contributed by atoms with Crippen LogP contribution in [0.4, 0.5) is 5.69 Å². The predicted octanol–water partition coefficient (Wildman–Crippen LogP) is 2.64. The predicted molar refractivity (Wildman–Crippen MR) is 106 cm³/mol. The maximum Gasteiger partial charge on any atom is 0.178 e. The van der Waals surface area contributed by atoms with Gasteiger partial charge in [-0.1, -0.05) is 12.1 Å². The number of aromatic nitrogens is 6. The molecule has 0 bridgehead atoms. The fourth-order valence-electron chi connectivity index (χ4n) is 3.72. The minimum absolute atomic E-state index is 0.113. The summed E-state index contributed by atoms with van der Waals surface area (Å²) in [6.07, 6.45) is 3.84. The second-order valence-electron chi connectivity index (χ2n) is 7.16. The van der Waals surface area contributed by atoms with Gasteiger partial charge >= 0.3 is 0 Å². The average molecular weight is 391 g/mol. The van der Waals surface area contributed by atoms with Crippen LogP contribution in [0, 0.1) is 0 Å². The van der Waals surface area contributed by atoms with E-state index in [2.05, 4.69) is 30.8 Å². The summed E-state index contributed by atoms with van der Waals surface area (Å²) in [6.45, 7) is 1.37. The van der Waals surface area contributed by atoms with E-state index in [0.717, 1.165) is 41.7 Å². The zero-order chi connectivity index (χ0) is 19.6. The van der Waals surface area contributed by atoms with E-state index in [1.54, 1.807) is 23.1 Å². The molecule has 5 rings (SSSR count). The van der Waals surface area contributed by atoms with Crippen LogP contribution in [0.5, 0.6) is 5.75 Å². The molecule has 0 saturated carbocycles. The van der Waals surface area contributed by atoms with Crippen LogP contribution in [0.1, 0.15) is 30.3 Å². The maximum atomic E-state index is 10.0. The third-order valence-corrected chi connectivity index (χ3v) is 5.15. The Labute approximate surface area is 166 Å². The van der Waals surface area contributed by atoms with Crippen molar-refractivity contribution >= 4 is 16.7 Å². The van der Waals surface area contributed by atoms with Gasteiger partial charge in [-0.15, -0.1) is 5.10 Å². The first-order valence-electron chi connectivity index (χ1n) is 9.62. The fraction of sp³-hybridized carbons (Fsp3) is 0.300. The third kappa shape index (κ3) is 3.64. The highest BCUT2D eigenvalue weighted by atomic mass is 16.5. The monoisotopic (exact) mass is 391 g/mol. The number of tetrazole rings is 1. The third-order valence-electron chi connectivity index (χ3n) is 5.15. The quantitative estimate of drug-likeness (QED) is 0.463. The molecule has 2 unspecified atom stereocenters. The van der Waals surface area contributed by atoms with E-state index < -0.39 is 0 Å². The molecule has 29 heavy (non-hydrogen) atoms. The molecular weight excluding hydrogens is 370 g/mol. The van der Waals surface area contributed by atoms with Crippen LogP contribution in [0.25, 0.3) is 11.0 Å². The van der Waals surface area contributed by atoms with Crippen molar-refractivity contribution in [2.24, 2.45) is 0 Å². The summed E-state index contributed by atoms with van der Waals surface area (Å²) in [5, 5.41) is 25.9. The largest absolute Gasteiger partial charge is 0.508 e. The molecule has 0 radical (unpaired) electrons. The zero-order valence-electron chi connectivity index (χ0n) is 15.7. The van der Waals surface area contributed by atoms with Crippen LogP contribution in [-0.2, 0) is 11.3 Å². The Morgan fingerprint density at radius 1 is 1.28 bits per heavy atom. The van der Waals surface area contributed by atoms with Gasteiger partial charge in [-0.05, 0) is 59.2 Å². The summed E-state index contributed by atoms with van der Waals surface area (Å²) in [5.74, 6) is 0.850. The standard InChI is InChI=1S/C20H21N7O2/c28-15-4-1-3-13(9-15)19(23-14-6-7-17-18(10-14)22-12-21-17)20-24-25-26-27(20)11-16-5-2-8-29-16/h1,3-4,6-7,9-10,12,16,19,23,28H,2,5,8,11H2,(H,21,22). The number of phenolic OH excluding ortho intramolecular Hbond substituents is 1. The number of anilines is 1. The van der Waals surface area contributed by atoms with Crippen LogP contribution < -0.4 is 5.32 Å². The van der Waals surface area contributed by atoms with Gasteiger partial charge in [-0.2, -0.15) is 0 Å². The second kappa shape index (κ2) is 7.51. The number of hydrogen-bond acceptors (Lipinski definition) is 7. The molecule has 3 heterocycles. The van der Waals surface area contributed by atoms with E-state index in [4.69, 9.17) is 4.74 Å². The molecule has 9 nitrogen and oxygen atoms in total. The smallest absolute Gasteiger partial charge is 0.178 e. The summed E-state index contributed by atoms with van der Waals surface area (Å²) in [6, 6.07) is 12.7. The molecule has 4 aromatic rings. The van der Waals surface area contributed by atoms with Gasteiger partial charge in [0.25, 0.3) is 0 Å². The Hall–Kier alpha value is -3.46. The van der Waals surface area contributed by atoms with Crippen molar-refractivity contribution in [3.05, 3.63) is 60.2 Å². The lowest BCUT2D eigenvalue weighted by atomic mass is 10.0. The van der Waals surface area contributed by atoms with Crippen molar-refractivity contribution in [2.75, 3.05) is 11.9 Å². The number of phenols is 1. The number of aromatic amines is 1. The molecule has 2 aromatic heterocycles. The van der Waals surface area contributed by atoms with Crippen molar-refractivity contribution in [1.82, 2.24) is 30.2 Å². The van der Waals surface area contributed by atoms with Gasteiger partial charge < -0.3 is 20.1 Å². The molecule has 148 valence electrons. The minimum Gasteiger partial charge on any atom is -0.508 e. The molecule has 9 heteroatoms. The Bertz CT molecular complexity index is 1120. The molecule has 0 spiro atoms. The summed E-state index contributed by atoms with van der Waals surface area (Å²) in [4.78, 5) is 7.42. The highest BCUT2D eigenvalue weighted by molar-refractivity contribution is 5.78. The number of rotatable bonds is 6. The van der Waals surface area contributed by atoms with Crippen molar-refractivity contribution in [3.63, 3.8) is 0 Å². The number of hydrogen-bond donors (Lipinski definition) is 3. The molecule has 1 aliphatic rings. The molecule has 2 atom stereocenters. The average Bonchev–Trinajstić information content (AvgIpc) is 3.48. The van der Waals surface area contributed by atoms with Gasteiger partial charge in [0.05, 0.1) is 30.0 Å². The number of benzene rings is 2. The Morgan fingerprint density at radius 2 is 2.24 bits per heavy atom. The van der Waals surface area contributed by atoms with E-state index in [1.807, 2.05) is 30.3 Å². The first-order chi connectivity index (χ1) is 14.3. The van der Waals surface area contributed by atoms with Crippen LogP contribution in [0.3, 0.4) is 0 Å². The molecule has 3 N–H and O–H groups in total. The van der Waals surface area contributed by atoms with Crippen molar-refractivity contribution in [1.29, 1.82) is 0 Å². The van der Waals surface area contributed by atoms with E-state index in [1.165, 1.54) is 0 Å². The van der Waals surface area contributed by atoms with Gasteiger partial charge in [0.2, 0.25) is 0 Å². The summed E-state index contributed by atoms with van der Waals surface area (Å²) < 4.78 is 7.54. The Morgan fingerprint density at radius 3 is 3.10 bits per heavy atom. The van der Waals surface area contributed by atoms with Crippen LogP contribution in [-0.4, -0.2) is 48.0 Å². The SMILES string of the molecule is Oc1cccc(C(Nc2ccc3[nH]cnc3c2)c2nnnn2CC2CCCO2)c1. The molecular formula is C20H21N7O2. The van der Waals surface area contributed by atoms with E-state index in [-0.39, 0.29) is 17.9 Å². The highest BCUT2D eigenvalue weighted by Gasteiger charge is 2.25. The minimum atomic E-state index is -0.352. The normalized spacial score (nSPS) is 17.6. The molecule has 0 amide bonds. The summed E-state index contributed by atoms with van der Waals surface area (Å²) in [7, 11) is 0. The number of nitrogens with one attached hydrogen (secondary N) is 2. The van der Waals surface area contributed by atoms with Crippen LogP contribution >= 0.6 is 0 Å². The topological polar surface area (TPSA) is 114 Å². The molecule has 0 aliphatic carbocycles. The van der Waals surface area contributed by atoms with Crippen LogP contribution in [0.2, 0.25) is 0 Å². The lowest BCUT2D eigenvalue weighted by molar-refractivity contribution is 0.0925. The summed E-state index contributed by atoms with van der Waals surface area (Å²) in [5.41, 5.74) is 3.57. The maximum absolute atomic E-state index is 10.0. The van der Waals surface area contributed by atoms with E-state index >= 15 is 0 Å². The molecule has 1 fully saturated rings. The van der Waals surface area contributed by atoms with Gasteiger partial charge in [-0.3, -0.25) is 0 Å². The van der Waals surface area contributed by atoms with Gasteiger partial charge in [0.15, 0.2) is 5.82 Å². The van der Waals surface area contributed by atoms with Gasteiger partial charge in [-0.25, -0.2) is 9.67 Å². The van der Waals surface area contributed by atoms with E-state index in [0.29, 0.717) is 12.4 Å². The zero-order valence-corrected chi connectivity index (χ0v) is 15.7. The number of aromatic hydroxyl groups is 1. The van der Waals surface area contributed by atoms with Crippen molar-refractivity contribution in [3.8, 4) is 5.75 Å². The number of nitrogens with zero attached hydrogens (tertiary/aromatic N) is 5. The highest BCUT2D eigenvalue weighted by Crippen LogP contribution is 2.29. The number of ether oxygens (including phenoxy) is 1. The second-order valence-corrected chi connectivity index (χ2v) is 7.16. The Kier molecular flexibility index (Phi) is 4.57.